The molecular formula is C23H47PS. The lowest BCUT2D eigenvalue weighted by Crippen LogP contribution is -1.84. The highest BCUT2D eigenvalue weighted by Gasteiger charge is 1.95. The SMILES string of the molecule is CCCCCCCCCCCCCCCCCCCCCCCP=S. The second-order valence-electron chi connectivity index (χ2n) is 7.92. The van der Waals surface area contributed by atoms with Crippen molar-refractivity contribution in [1.29, 1.82) is 0 Å². The molecule has 0 fully saturated rings. The van der Waals surface area contributed by atoms with E-state index in [0.717, 1.165) is 7.36 Å². The molecule has 0 bridgehead atoms. The van der Waals surface area contributed by atoms with Crippen LogP contribution in [0.2, 0.25) is 0 Å². The van der Waals surface area contributed by atoms with Gasteiger partial charge in [0.1, 0.15) is 0 Å². The largest absolute Gasteiger partial charge is 0.0654 e. The smallest absolute Gasteiger partial charge is 0.000157 e. The zero-order chi connectivity index (χ0) is 18.3. The van der Waals surface area contributed by atoms with Gasteiger partial charge in [0.05, 0.1) is 0 Å². The van der Waals surface area contributed by atoms with Crippen LogP contribution in [0, 0.1) is 0 Å². The Kier molecular flexibility index (Phi) is 25.0. The molecule has 0 spiro atoms. The molecule has 0 unspecified atom stereocenters. The zero-order valence-electron chi connectivity index (χ0n) is 17.4. The van der Waals surface area contributed by atoms with E-state index >= 15 is 0 Å². The Morgan fingerprint density at radius 2 is 0.640 bits per heavy atom. The monoisotopic (exact) mass is 386 g/mol. The van der Waals surface area contributed by atoms with Gasteiger partial charge >= 0.3 is 0 Å². The van der Waals surface area contributed by atoms with Gasteiger partial charge in [-0.2, -0.15) is 0 Å². The fraction of sp³-hybridized carbons (Fsp3) is 1.00. The van der Waals surface area contributed by atoms with Gasteiger partial charge in [0.2, 0.25) is 0 Å². The maximum absolute atomic E-state index is 4.95. The Hall–Kier alpha value is 0.520. The van der Waals surface area contributed by atoms with Gasteiger partial charge in [0.15, 0.2) is 0 Å². The average Bonchev–Trinajstić information content (AvgIpc) is 2.63. The first-order chi connectivity index (χ1) is 12.4. The van der Waals surface area contributed by atoms with E-state index in [1.807, 2.05) is 0 Å². The molecule has 0 saturated heterocycles. The Morgan fingerprint density at radius 1 is 0.400 bits per heavy atom. The van der Waals surface area contributed by atoms with Crippen molar-refractivity contribution in [3.63, 3.8) is 0 Å². The van der Waals surface area contributed by atoms with Crippen LogP contribution in [0.5, 0.6) is 0 Å². The minimum Gasteiger partial charge on any atom is -0.0654 e. The second kappa shape index (κ2) is 24.5. The van der Waals surface area contributed by atoms with E-state index in [0.29, 0.717) is 0 Å². The quantitative estimate of drug-likeness (QED) is 0.132. The van der Waals surface area contributed by atoms with E-state index < -0.39 is 0 Å². The third-order valence-electron chi connectivity index (χ3n) is 5.35. The highest BCUT2D eigenvalue weighted by molar-refractivity contribution is 7.96. The molecule has 0 aliphatic rings. The molecule has 0 aromatic rings. The average molecular weight is 387 g/mol. The molecule has 150 valence electrons. The van der Waals surface area contributed by atoms with Crippen LogP contribution in [-0.2, 0) is 11.8 Å². The Bertz CT molecular complexity index is 242. The molecule has 2 heteroatoms. The van der Waals surface area contributed by atoms with Crippen molar-refractivity contribution in [2.75, 3.05) is 6.16 Å². The van der Waals surface area contributed by atoms with Crippen LogP contribution in [0.4, 0.5) is 0 Å². The summed E-state index contributed by atoms with van der Waals surface area (Å²) < 4.78 is 0. The molecule has 0 heterocycles. The van der Waals surface area contributed by atoms with Crippen LogP contribution in [0.3, 0.4) is 0 Å². The van der Waals surface area contributed by atoms with Crippen LogP contribution in [-0.4, -0.2) is 6.16 Å². The molecule has 0 saturated carbocycles. The van der Waals surface area contributed by atoms with Gasteiger partial charge in [-0.3, -0.25) is 0 Å². The van der Waals surface area contributed by atoms with Gasteiger partial charge in [0, 0.05) is 0 Å². The van der Waals surface area contributed by atoms with Crippen molar-refractivity contribution in [2.24, 2.45) is 0 Å². The van der Waals surface area contributed by atoms with Gasteiger partial charge in [0.25, 0.3) is 0 Å². The maximum Gasteiger partial charge on any atom is -0.000157 e. The minimum absolute atomic E-state index is 1.16. The maximum atomic E-state index is 4.95. The summed E-state index contributed by atoms with van der Waals surface area (Å²) >= 11 is 4.95. The molecule has 0 N–H and O–H groups in total. The van der Waals surface area contributed by atoms with Crippen molar-refractivity contribution < 1.29 is 0 Å². The Morgan fingerprint density at radius 3 is 0.880 bits per heavy atom. The second-order valence-corrected chi connectivity index (χ2v) is 9.40. The molecule has 0 aromatic heterocycles. The lowest BCUT2D eigenvalue weighted by Gasteiger charge is -2.04. The fourth-order valence-electron chi connectivity index (χ4n) is 3.61. The number of hydrogen-bond donors (Lipinski definition) is 0. The Labute approximate surface area is 167 Å². The molecule has 0 nitrogen and oxygen atoms in total. The molecule has 0 atom stereocenters. The standard InChI is InChI=1S/C23H47PS/c1-2-3-4-5-6-7-8-9-10-11-12-13-14-15-16-17-18-19-20-21-22-23-24-25/h2-23H2,1H3. The first-order valence-electron chi connectivity index (χ1n) is 11.7. The molecular weight excluding hydrogens is 339 g/mol. The predicted molar refractivity (Wildman–Crippen MR) is 122 cm³/mol. The summed E-state index contributed by atoms with van der Waals surface area (Å²) in [5.41, 5.74) is 0. The Balaban J connectivity index is 2.95. The normalized spacial score (nSPS) is 11.4. The molecule has 0 amide bonds. The van der Waals surface area contributed by atoms with E-state index in [4.69, 9.17) is 11.8 Å². The van der Waals surface area contributed by atoms with Crippen molar-refractivity contribution in [2.45, 2.75) is 142 Å². The molecule has 0 radical (unpaired) electrons. The highest BCUT2D eigenvalue weighted by atomic mass is 32.4. The van der Waals surface area contributed by atoms with Crippen molar-refractivity contribution >= 4 is 19.2 Å². The predicted octanol–water partition coefficient (Wildman–Crippen LogP) is 9.61. The third-order valence-corrected chi connectivity index (χ3v) is 6.40. The van der Waals surface area contributed by atoms with E-state index in [9.17, 15) is 0 Å². The van der Waals surface area contributed by atoms with Crippen LogP contribution in [0.1, 0.15) is 142 Å². The number of unbranched alkanes of at least 4 members (excludes halogenated alkanes) is 20. The fourth-order valence-corrected chi connectivity index (χ4v) is 4.35. The molecule has 25 heavy (non-hydrogen) atoms. The highest BCUT2D eigenvalue weighted by Crippen LogP contribution is 2.15. The van der Waals surface area contributed by atoms with E-state index in [-0.39, 0.29) is 0 Å². The summed E-state index contributed by atoms with van der Waals surface area (Å²) in [4.78, 5) is 0. The zero-order valence-corrected chi connectivity index (χ0v) is 19.1. The van der Waals surface area contributed by atoms with E-state index in [2.05, 4.69) is 6.92 Å². The van der Waals surface area contributed by atoms with Crippen molar-refractivity contribution in [3.8, 4) is 0 Å². The van der Waals surface area contributed by atoms with Crippen LogP contribution >= 0.6 is 7.36 Å². The molecule has 0 rings (SSSR count). The van der Waals surface area contributed by atoms with Crippen LogP contribution in [0.15, 0.2) is 0 Å². The number of hydrogen-bond acceptors (Lipinski definition) is 1. The van der Waals surface area contributed by atoms with Crippen molar-refractivity contribution in [1.82, 2.24) is 0 Å². The summed E-state index contributed by atoms with van der Waals surface area (Å²) in [6.45, 7) is 2.30. The lowest BCUT2D eigenvalue weighted by molar-refractivity contribution is 0.521. The van der Waals surface area contributed by atoms with Crippen LogP contribution < -0.4 is 0 Å². The summed E-state index contributed by atoms with van der Waals surface area (Å²) in [6, 6.07) is 0. The number of rotatable bonds is 22. The van der Waals surface area contributed by atoms with E-state index in [1.54, 1.807) is 0 Å². The van der Waals surface area contributed by atoms with Gasteiger partial charge < -0.3 is 0 Å². The van der Waals surface area contributed by atoms with Crippen molar-refractivity contribution in [3.05, 3.63) is 0 Å². The topological polar surface area (TPSA) is 0 Å². The summed E-state index contributed by atoms with van der Waals surface area (Å²) in [7, 11) is 1.16. The van der Waals surface area contributed by atoms with Gasteiger partial charge in [-0.1, -0.05) is 147 Å². The van der Waals surface area contributed by atoms with E-state index in [1.165, 1.54) is 141 Å². The summed E-state index contributed by atoms with van der Waals surface area (Å²) in [5, 5.41) is 0. The van der Waals surface area contributed by atoms with Gasteiger partial charge in [-0.25, -0.2) is 0 Å². The van der Waals surface area contributed by atoms with Gasteiger partial charge in [-0.05, 0) is 19.9 Å². The van der Waals surface area contributed by atoms with Gasteiger partial charge in [-0.15, -0.1) is 0 Å². The minimum atomic E-state index is 1.16. The molecule has 0 aromatic carbocycles. The molecule has 0 aliphatic heterocycles. The first-order valence-corrected chi connectivity index (χ1v) is 13.8. The first kappa shape index (κ1) is 25.5. The van der Waals surface area contributed by atoms with Crippen LogP contribution in [0.25, 0.3) is 0 Å². The summed E-state index contributed by atoms with van der Waals surface area (Å²) in [6.07, 6.45) is 31.9. The lowest BCUT2D eigenvalue weighted by atomic mass is 10.0. The molecule has 0 aliphatic carbocycles. The third kappa shape index (κ3) is 24.5. The summed E-state index contributed by atoms with van der Waals surface area (Å²) in [5.74, 6) is 0.